The maximum Gasteiger partial charge on any atom is 0.257 e. The molecule has 19 heavy (non-hydrogen) atoms. The number of benzene rings is 1. The smallest absolute Gasteiger partial charge is 0.257 e. The normalized spacial score (nSPS) is 14.0. The van der Waals surface area contributed by atoms with Crippen LogP contribution in [0.2, 0.25) is 0 Å². The van der Waals surface area contributed by atoms with Crippen LogP contribution in [0.3, 0.4) is 0 Å². The highest BCUT2D eigenvalue weighted by atomic mass is 16.5. The van der Waals surface area contributed by atoms with Crippen LogP contribution in [-0.2, 0) is 11.3 Å². The van der Waals surface area contributed by atoms with Gasteiger partial charge < -0.3 is 20.5 Å². The number of methoxy groups -OCH3 is 1. The lowest BCUT2D eigenvalue weighted by molar-refractivity contribution is -0.123. The van der Waals surface area contributed by atoms with E-state index in [4.69, 9.17) is 15.2 Å². The van der Waals surface area contributed by atoms with Crippen LogP contribution in [0.1, 0.15) is 18.4 Å². The molecular formula is C14H20N2O3. The van der Waals surface area contributed by atoms with E-state index < -0.39 is 0 Å². The van der Waals surface area contributed by atoms with E-state index >= 15 is 0 Å². The van der Waals surface area contributed by atoms with Crippen LogP contribution in [-0.4, -0.2) is 26.2 Å². The summed E-state index contributed by atoms with van der Waals surface area (Å²) in [6.45, 7) is 1.12. The second-order valence-electron chi connectivity index (χ2n) is 4.71. The lowest BCUT2D eigenvalue weighted by Gasteiger charge is -2.11. The van der Waals surface area contributed by atoms with E-state index in [1.54, 1.807) is 19.2 Å². The van der Waals surface area contributed by atoms with Crippen molar-refractivity contribution < 1.29 is 14.3 Å². The predicted octanol–water partition coefficient (Wildman–Crippen LogP) is 1.06. The lowest BCUT2D eigenvalue weighted by Crippen LogP contribution is -2.30. The Morgan fingerprint density at radius 2 is 2.26 bits per heavy atom. The third kappa shape index (κ3) is 4.13. The molecule has 1 saturated carbocycles. The average molecular weight is 264 g/mol. The van der Waals surface area contributed by atoms with Crippen molar-refractivity contribution in [1.82, 2.24) is 5.32 Å². The maximum atomic E-state index is 11.6. The SMILES string of the molecule is COc1ccc(OCC(=O)NCC2CC2)c(CN)c1. The van der Waals surface area contributed by atoms with Crippen molar-refractivity contribution in [3.63, 3.8) is 0 Å². The molecule has 104 valence electrons. The van der Waals surface area contributed by atoms with Crippen LogP contribution in [0.5, 0.6) is 11.5 Å². The zero-order valence-electron chi connectivity index (χ0n) is 11.1. The number of ether oxygens (including phenoxy) is 2. The van der Waals surface area contributed by atoms with E-state index in [9.17, 15) is 4.79 Å². The first-order chi connectivity index (χ1) is 9.22. The van der Waals surface area contributed by atoms with E-state index in [1.807, 2.05) is 6.07 Å². The molecule has 0 atom stereocenters. The lowest BCUT2D eigenvalue weighted by atomic mass is 10.2. The van der Waals surface area contributed by atoms with Crippen molar-refractivity contribution in [1.29, 1.82) is 0 Å². The predicted molar refractivity (Wildman–Crippen MR) is 72.1 cm³/mol. The van der Waals surface area contributed by atoms with Gasteiger partial charge >= 0.3 is 0 Å². The summed E-state index contributed by atoms with van der Waals surface area (Å²) in [7, 11) is 1.60. The number of carbonyl (C=O) groups is 1. The number of rotatable bonds is 7. The summed E-state index contributed by atoms with van der Waals surface area (Å²) < 4.78 is 10.6. The molecule has 0 aromatic heterocycles. The fourth-order valence-electron chi connectivity index (χ4n) is 1.76. The first-order valence-electron chi connectivity index (χ1n) is 6.49. The molecule has 0 radical (unpaired) electrons. The van der Waals surface area contributed by atoms with Gasteiger partial charge in [0.2, 0.25) is 0 Å². The summed E-state index contributed by atoms with van der Waals surface area (Å²) >= 11 is 0. The van der Waals surface area contributed by atoms with Gasteiger partial charge in [-0.05, 0) is 37.0 Å². The Labute approximate surface area is 113 Å². The number of amides is 1. The zero-order chi connectivity index (χ0) is 13.7. The summed E-state index contributed by atoms with van der Waals surface area (Å²) in [4.78, 5) is 11.6. The van der Waals surface area contributed by atoms with Gasteiger partial charge in [0.05, 0.1) is 7.11 Å². The van der Waals surface area contributed by atoms with Crippen LogP contribution in [0, 0.1) is 5.92 Å². The molecule has 1 fully saturated rings. The van der Waals surface area contributed by atoms with Gasteiger partial charge in [-0.15, -0.1) is 0 Å². The molecule has 0 bridgehead atoms. The maximum absolute atomic E-state index is 11.6. The molecule has 5 nitrogen and oxygen atoms in total. The van der Waals surface area contributed by atoms with E-state index in [1.165, 1.54) is 12.8 Å². The summed E-state index contributed by atoms with van der Waals surface area (Å²) in [6.07, 6.45) is 2.44. The standard InChI is InChI=1S/C14H20N2O3/c1-18-12-4-5-13(11(6-12)7-15)19-9-14(17)16-8-10-2-3-10/h4-6,10H,2-3,7-9,15H2,1H3,(H,16,17). The monoisotopic (exact) mass is 264 g/mol. The van der Waals surface area contributed by atoms with E-state index in [0.29, 0.717) is 18.2 Å². The second-order valence-corrected chi connectivity index (χ2v) is 4.71. The largest absolute Gasteiger partial charge is 0.497 e. The summed E-state index contributed by atoms with van der Waals surface area (Å²) in [5.74, 6) is 1.94. The summed E-state index contributed by atoms with van der Waals surface area (Å²) in [5, 5.41) is 2.85. The highest BCUT2D eigenvalue weighted by Crippen LogP contribution is 2.27. The van der Waals surface area contributed by atoms with E-state index in [2.05, 4.69) is 5.32 Å². The highest BCUT2D eigenvalue weighted by Gasteiger charge is 2.21. The van der Waals surface area contributed by atoms with Gasteiger partial charge in [-0.2, -0.15) is 0 Å². The first kappa shape index (κ1) is 13.7. The van der Waals surface area contributed by atoms with Gasteiger partial charge in [-0.1, -0.05) is 0 Å². The number of nitrogens with two attached hydrogens (primary N) is 1. The van der Waals surface area contributed by atoms with Crippen molar-refractivity contribution in [2.75, 3.05) is 20.3 Å². The molecule has 1 aliphatic rings. The quantitative estimate of drug-likeness (QED) is 0.772. The molecule has 0 saturated heterocycles. The Morgan fingerprint density at radius 3 is 2.89 bits per heavy atom. The van der Waals surface area contributed by atoms with E-state index in [0.717, 1.165) is 17.9 Å². The van der Waals surface area contributed by atoms with Crippen LogP contribution in [0.15, 0.2) is 18.2 Å². The van der Waals surface area contributed by atoms with Gasteiger partial charge in [0.1, 0.15) is 11.5 Å². The Morgan fingerprint density at radius 1 is 1.47 bits per heavy atom. The van der Waals surface area contributed by atoms with Crippen molar-refractivity contribution in [3.05, 3.63) is 23.8 Å². The van der Waals surface area contributed by atoms with E-state index in [-0.39, 0.29) is 12.5 Å². The van der Waals surface area contributed by atoms with Crippen molar-refractivity contribution >= 4 is 5.91 Å². The number of hydrogen-bond donors (Lipinski definition) is 2. The molecule has 0 heterocycles. The molecular weight excluding hydrogens is 244 g/mol. The van der Waals surface area contributed by atoms with Gasteiger partial charge in [-0.3, -0.25) is 4.79 Å². The molecule has 5 heteroatoms. The van der Waals surface area contributed by atoms with Crippen LogP contribution < -0.4 is 20.5 Å². The minimum atomic E-state index is -0.0920. The van der Waals surface area contributed by atoms with Crippen LogP contribution in [0.25, 0.3) is 0 Å². The van der Waals surface area contributed by atoms with Crippen molar-refractivity contribution in [3.8, 4) is 11.5 Å². The molecule has 2 rings (SSSR count). The minimum absolute atomic E-state index is 0.0199. The molecule has 1 aliphatic carbocycles. The zero-order valence-corrected chi connectivity index (χ0v) is 11.1. The van der Waals surface area contributed by atoms with Gasteiger partial charge in [-0.25, -0.2) is 0 Å². The summed E-state index contributed by atoms with van der Waals surface area (Å²) in [6, 6.07) is 5.38. The molecule has 0 spiro atoms. The topological polar surface area (TPSA) is 73.6 Å². The fraction of sp³-hybridized carbons (Fsp3) is 0.500. The Hall–Kier alpha value is -1.75. The van der Waals surface area contributed by atoms with Crippen LogP contribution >= 0.6 is 0 Å². The van der Waals surface area contributed by atoms with Gasteiger partial charge in [0, 0.05) is 18.7 Å². The average Bonchev–Trinajstić information content (AvgIpc) is 3.26. The van der Waals surface area contributed by atoms with Gasteiger partial charge in [0.25, 0.3) is 5.91 Å². The third-order valence-corrected chi connectivity index (χ3v) is 3.13. The molecule has 3 N–H and O–H groups in total. The Kier molecular flexibility index (Phi) is 4.63. The molecule has 0 unspecified atom stereocenters. The van der Waals surface area contributed by atoms with Crippen LogP contribution in [0.4, 0.5) is 0 Å². The van der Waals surface area contributed by atoms with Gasteiger partial charge in [0.15, 0.2) is 6.61 Å². The highest BCUT2D eigenvalue weighted by molar-refractivity contribution is 5.77. The van der Waals surface area contributed by atoms with Crippen molar-refractivity contribution in [2.24, 2.45) is 11.7 Å². The minimum Gasteiger partial charge on any atom is -0.497 e. The second kappa shape index (κ2) is 6.43. The van der Waals surface area contributed by atoms with Crippen molar-refractivity contribution in [2.45, 2.75) is 19.4 Å². The molecule has 1 aromatic rings. The Balaban J connectivity index is 1.85. The summed E-state index contributed by atoms with van der Waals surface area (Å²) in [5.41, 5.74) is 6.48. The number of nitrogens with one attached hydrogen (secondary N) is 1. The number of hydrogen-bond acceptors (Lipinski definition) is 4. The molecule has 0 aliphatic heterocycles. The first-order valence-corrected chi connectivity index (χ1v) is 6.49. The third-order valence-electron chi connectivity index (χ3n) is 3.13. The Bertz CT molecular complexity index is 444. The number of carbonyl (C=O) groups excluding carboxylic acids is 1. The molecule has 1 amide bonds. The fourth-order valence-corrected chi connectivity index (χ4v) is 1.76. The molecule has 1 aromatic carbocycles.